The predicted molar refractivity (Wildman–Crippen MR) is 198 cm³/mol. The van der Waals surface area contributed by atoms with Crippen LogP contribution in [0.2, 0.25) is 0 Å². The van der Waals surface area contributed by atoms with Gasteiger partial charge in [-0.2, -0.15) is 0 Å². The Morgan fingerprint density at radius 3 is 1.70 bits per heavy atom. The van der Waals surface area contributed by atoms with E-state index in [-0.39, 0.29) is 5.41 Å². The number of hydrogen-bond acceptors (Lipinski definition) is 0. The zero-order valence-corrected chi connectivity index (χ0v) is 26.4. The van der Waals surface area contributed by atoms with E-state index in [0.717, 1.165) is 0 Å². The van der Waals surface area contributed by atoms with Gasteiger partial charge in [0.05, 0.1) is 0 Å². The molecule has 0 spiro atoms. The van der Waals surface area contributed by atoms with E-state index < -0.39 is 0 Å². The van der Waals surface area contributed by atoms with Gasteiger partial charge in [0.1, 0.15) is 0 Å². The van der Waals surface area contributed by atoms with Crippen molar-refractivity contribution in [1.29, 1.82) is 0 Å². The fourth-order valence-electron chi connectivity index (χ4n) is 8.14. The van der Waals surface area contributed by atoms with Crippen molar-refractivity contribution in [3.8, 4) is 44.5 Å². The smallest absolute Gasteiger partial charge is 0.0159 e. The molecule has 0 aromatic heterocycles. The summed E-state index contributed by atoms with van der Waals surface area (Å²) < 4.78 is 0. The van der Waals surface area contributed by atoms with E-state index >= 15 is 0 Å². The number of aryl methyl sites for hydroxylation is 1. The maximum absolute atomic E-state index is 2.47. The van der Waals surface area contributed by atoms with Gasteiger partial charge in [-0.15, -0.1) is 0 Å². The van der Waals surface area contributed by atoms with Crippen LogP contribution in [0.3, 0.4) is 0 Å². The van der Waals surface area contributed by atoms with Gasteiger partial charge < -0.3 is 0 Å². The highest BCUT2D eigenvalue weighted by molar-refractivity contribution is 6.24. The lowest BCUT2D eigenvalue weighted by atomic mass is 9.80. The first-order valence-corrected chi connectivity index (χ1v) is 16.3. The van der Waals surface area contributed by atoms with E-state index in [1.807, 2.05) is 0 Å². The summed E-state index contributed by atoms with van der Waals surface area (Å²) in [5, 5.41) is 7.73. The highest BCUT2D eigenvalue weighted by Crippen LogP contribution is 2.51. The van der Waals surface area contributed by atoms with Crippen molar-refractivity contribution in [2.45, 2.75) is 26.2 Å². The van der Waals surface area contributed by atoms with Gasteiger partial charge in [0.2, 0.25) is 0 Å². The SMILES string of the molecule is Cc1ccc2c(-c3ccc(-c4ccccc4)c4ccccc34)c3ccccc3c(-c3ccc4c(c3)C(C)(C)c3ccccc3-4)c2c1. The van der Waals surface area contributed by atoms with E-state index in [0.29, 0.717) is 0 Å². The maximum Gasteiger partial charge on any atom is 0.0159 e. The highest BCUT2D eigenvalue weighted by Gasteiger charge is 2.35. The summed E-state index contributed by atoms with van der Waals surface area (Å²) in [5.74, 6) is 0. The lowest BCUT2D eigenvalue weighted by Crippen LogP contribution is -2.14. The molecular formula is C46H34. The van der Waals surface area contributed by atoms with Crippen LogP contribution in [0, 0.1) is 6.92 Å². The summed E-state index contributed by atoms with van der Waals surface area (Å²) in [6.07, 6.45) is 0. The quantitative estimate of drug-likeness (QED) is 0.181. The zero-order chi connectivity index (χ0) is 31.0. The van der Waals surface area contributed by atoms with Crippen LogP contribution in [0.5, 0.6) is 0 Å². The predicted octanol–water partition coefficient (Wildman–Crippen LogP) is 12.8. The summed E-state index contributed by atoms with van der Waals surface area (Å²) >= 11 is 0. The minimum Gasteiger partial charge on any atom is -0.0622 e. The van der Waals surface area contributed by atoms with Gasteiger partial charge in [-0.25, -0.2) is 0 Å². The second-order valence-corrected chi connectivity index (χ2v) is 13.3. The summed E-state index contributed by atoms with van der Waals surface area (Å²) in [5.41, 5.74) is 14.4. The molecule has 0 fully saturated rings. The van der Waals surface area contributed by atoms with Crippen molar-refractivity contribution >= 4 is 32.3 Å². The molecule has 0 nitrogen and oxygen atoms in total. The lowest BCUT2D eigenvalue weighted by molar-refractivity contribution is 0.660. The van der Waals surface area contributed by atoms with Crippen molar-refractivity contribution < 1.29 is 0 Å². The number of fused-ring (bicyclic) bond motifs is 6. The van der Waals surface area contributed by atoms with Crippen LogP contribution in [-0.4, -0.2) is 0 Å². The fraction of sp³-hybridized carbons (Fsp3) is 0.0870. The Labute approximate surface area is 270 Å². The Kier molecular flexibility index (Phi) is 5.86. The highest BCUT2D eigenvalue weighted by atomic mass is 14.4. The molecule has 9 rings (SSSR count). The molecule has 0 atom stereocenters. The Morgan fingerprint density at radius 2 is 0.913 bits per heavy atom. The number of hydrogen-bond donors (Lipinski definition) is 0. The normalized spacial score (nSPS) is 13.3. The van der Waals surface area contributed by atoms with E-state index in [9.17, 15) is 0 Å². The summed E-state index contributed by atoms with van der Waals surface area (Å²) in [6, 6.07) is 56.5. The Hall–Kier alpha value is -5.46. The Bertz CT molecular complexity index is 2490. The fourth-order valence-corrected chi connectivity index (χ4v) is 8.14. The first kappa shape index (κ1) is 26.9. The molecular weight excluding hydrogens is 553 g/mol. The molecule has 0 bridgehead atoms. The van der Waals surface area contributed by atoms with Gasteiger partial charge in [0.15, 0.2) is 0 Å². The molecule has 0 amide bonds. The second-order valence-electron chi connectivity index (χ2n) is 13.3. The van der Waals surface area contributed by atoms with Crippen LogP contribution in [0.25, 0.3) is 76.8 Å². The third-order valence-corrected chi connectivity index (χ3v) is 10.3. The molecule has 0 radical (unpaired) electrons. The van der Waals surface area contributed by atoms with Crippen molar-refractivity contribution in [2.24, 2.45) is 0 Å². The molecule has 0 saturated heterocycles. The van der Waals surface area contributed by atoms with Crippen LogP contribution < -0.4 is 0 Å². The van der Waals surface area contributed by atoms with Crippen LogP contribution in [-0.2, 0) is 5.41 Å². The molecule has 46 heavy (non-hydrogen) atoms. The molecule has 0 heterocycles. The Balaban J connectivity index is 1.36. The standard InChI is InChI=1S/C46H34/c1-29-21-23-40-41(27-29)44(31-22-24-36-35-17-11-12-20-42(35)46(2,3)43(36)28-31)37-18-9-10-19-38(37)45(40)39-26-25-32(30-13-5-4-6-14-30)33-15-7-8-16-34(33)39/h4-28H,1-3H3. The minimum absolute atomic E-state index is 0.0528. The molecule has 0 N–H and O–H groups in total. The molecule has 8 aromatic rings. The van der Waals surface area contributed by atoms with Crippen molar-refractivity contribution in [1.82, 2.24) is 0 Å². The Morgan fingerprint density at radius 1 is 0.348 bits per heavy atom. The molecule has 218 valence electrons. The van der Waals surface area contributed by atoms with E-state index in [1.54, 1.807) is 0 Å². The third-order valence-electron chi connectivity index (χ3n) is 10.3. The first-order valence-electron chi connectivity index (χ1n) is 16.3. The maximum atomic E-state index is 2.47. The number of benzene rings is 8. The van der Waals surface area contributed by atoms with Gasteiger partial charge in [-0.05, 0) is 101 Å². The molecule has 1 aliphatic rings. The van der Waals surface area contributed by atoms with Crippen LogP contribution in [0.1, 0.15) is 30.5 Å². The minimum atomic E-state index is -0.0528. The lowest BCUT2D eigenvalue weighted by Gasteiger charge is -2.23. The second kappa shape index (κ2) is 10.0. The molecule has 0 saturated carbocycles. The zero-order valence-electron chi connectivity index (χ0n) is 26.4. The van der Waals surface area contributed by atoms with Crippen LogP contribution in [0.4, 0.5) is 0 Å². The number of rotatable bonds is 3. The van der Waals surface area contributed by atoms with Gasteiger partial charge in [-0.1, -0.05) is 165 Å². The largest absolute Gasteiger partial charge is 0.0622 e. The summed E-state index contributed by atoms with van der Waals surface area (Å²) in [6.45, 7) is 6.95. The van der Waals surface area contributed by atoms with Crippen molar-refractivity contribution in [2.75, 3.05) is 0 Å². The third kappa shape index (κ3) is 3.87. The van der Waals surface area contributed by atoms with E-state index in [4.69, 9.17) is 0 Å². The average Bonchev–Trinajstić information content (AvgIpc) is 3.33. The van der Waals surface area contributed by atoms with Gasteiger partial charge in [-0.3, -0.25) is 0 Å². The first-order chi connectivity index (χ1) is 22.5. The van der Waals surface area contributed by atoms with Crippen LogP contribution in [0.15, 0.2) is 152 Å². The van der Waals surface area contributed by atoms with Gasteiger partial charge in [0.25, 0.3) is 0 Å². The average molecular weight is 587 g/mol. The monoisotopic (exact) mass is 586 g/mol. The topological polar surface area (TPSA) is 0 Å². The van der Waals surface area contributed by atoms with E-state index in [1.165, 1.54) is 93.5 Å². The van der Waals surface area contributed by atoms with Gasteiger partial charge in [0, 0.05) is 5.41 Å². The summed E-state index contributed by atoms with van der Waals surface area (Å²) in [4.78, 5) is 0. The molecule has 0 aliphatic heterocycles. The van der Waals surface area contributed by atoms with Crippen molar-refractivity contribution in [3.63, 3.8) is 0 Å². The van der Waals surface area contributed by atoms with E-state index in [2.05, 4.69) is 172 Å². The summed E-state index contributed by atoms with van der Waals surface area (Å²) in [7, 11) is 0. The van der Waals surface area contributed by atoms with Crippen LogP contribution >= 0.6 is 0 Å². The molecule has 8 aromatic carbocycles. The van der Waals surface area contributed by atoms with Crippen molar-refractivity contribution in [3.05, 3.63) is 168 Å². The molecule has 0 unspecified atom stereocenters. The molecule has 1 aliphatic carbocycles. The molecule has 0 heteroatoms. The van der Waals surface area contributed by atoms with Gasteiger partial charge >= 0.3 is 0 Å².